The van der Waals surface area contributed by atoms with E-state index in [-0.39, 0.29) is 23.9 Å². The van der Waals surface area contributed by atoms with Gasteiger partial charge in [0.2, 0.25) is 5.91 Å². The Morgan fingerprint density at radius 2 is 2.05 bits per heavy atom. The second-order valence-electron chi connectivity index (χ2n) is 5.01. The predicted molar refractivity (Wildman–Crippen MR) is 79.5 cm³/mol. The van der Waals surface area contributed by atoms with Crippen molar-refractivity contribution in [2.24, 2.45) is 0 Å². The van der Waals surface area contributed by atoms with E-state index >= 15 is 0 Å². The lowest BCUT2D eigenvalue weighted by Crippen LogP contribution is -2.37. The van der Waals surface area contributed by atoms with Gasteiger partial charge in [0, 0.05) is 22.2 Å². The minimum atomic E-state index is -0.363. The summed E-state index contributed by atoms with van der Waals surface area (Å²) < 4.78 is 14.3. The van der Waals surface area contributed by atoms with Crippen LogP contribution in [0.25, 0.3) is 6.08 Å². The highest BCUT2D eigenvalue weighted by Crippen LogP contribution is 2.19. The maximum atomic E-state index is 13.5. The Morgan fingerprint density at radius 3 is 2.75 bits per heavy atom. The van der Waals surface area contributed by atoms with Gasteiger partial charge in [0.15, 0.2) is 0 Å². The van der Waals surface area contributed by atoms with Crippen LogP contribution >= 0.6 is 15.9 Å². The molecule has 0 heterocycles. The number of amides is 1. The molecule has 0 unspecified atom stereocenters. The van der Waals surface area contributed by atoms with Crippen molar-refractivity contribution in [1.82, 2.24) is 5.32 Å². The maximum absolute atomic E-state index is 13.5. The van der Waals surface area contributed by atoms with Crippen molar-refractivity contribution in [3.63, 3.8) is 0 Å². The lowest BCUT2D eigenvalue weighted by atomic mass is 9.93. The normalized spacial score (nSPS) is 22.9. The Bertz CT molecular complexity index is 511. The quantitative estimate of drug-likeness (QED) is 0.830. The van der Waals surface area contributed by atoms with Gasteiger partial charge >= 0.3 is 0 Å². The highest BCUT2D eigenvalue weighted by Gasteiger charge is 2.19. The number of hydrogen-bond donors (Lipinski definition) is 2. The molecule has 0 spiro atoms. The first-order chi connectivity index (χ1) is 9.54. The van der Waals surface area contributed by atoms with E-state index in [1.54, 1.807) is 12.1 Å². The molecular formula is C15H17BrFNO2. The number of nitrogens with one attached hydrogen (secondary N) is 1. The number of halogens is 2. The highest BCUT2D eigenvalue weighted by atomic mass is 79.9. The van der Waals surface area contributed by atoms with Gasteiger partial charge in [0.25, 0.3) is 0 Å². The molecule has 2 N–H and O–H groups in total. The van der Waals surface area contributed by atoms with Crippen LogP contribution in [0.2, 0.25) is 0 Å². The topological polar surface area (TPSA) is 49.3 Å². The number of carbonyl (C=O) groups excluding carboxylic acids is 1. The average Bonchev–Trinajstić information content (AvgIpc) is 2.42. The maximum Gasteiger partial charge on any atom is 0.244 e. The van der Waals surface area contributed by atoms with Crippen molar-refractivity contribution in [1.29, 1.82) is 0 Å². The van der Waals surface area contributed by atoms with Gasteiger partial charge in [-0.1, -0.05) is 15.9 Å². The zero-order chi connectivity index (χ0) is 14.5. The van der Waals surface area contributed by atoms with Gasteiger partial charge < -0.3 is 10.4 Å². The van der Waals surface area contributed by atoms with E-state index < -0.39 is 0 Å². The van der Waals surface area contributed by atoms with Crippen molar-refractivity contribution in [2.75, 3.05) is 0 Å². The molecule has 0 bridgehead atoms. The molecule has 0 saturated heterocycles. The molecule has 1 fully saturated rings. The molecular weight excluding hydrogens is 325 g/mol. The zero-order valence-electron chi connectivity index (χ0n) is 11.0. The summed E-state index contributed by atoms with van der Waals surface area (Å²) in [6.07, 6.45) is 5.57. The van der Waals surface area contributed by atoms with Gasteiger partial charge in [0.1, 0.15) is 5.82 Å². The predicted octanol–water partition coefficient (Wildman–Crippen LogP) is 3.02. The minimum absolute atomic E-state index is 0.0999. The van der Waals surface area contributed by atoms with E-state index in [4.69, 9.17) is 0 Å². The number of carbonyl (C=O) groups is 1. The van der Waals surface area contributed by atoms with Crippen molar-refractivity contribution >= 4 is 27.9 Å². The Hall–Kier alpha value is -1.20. The Morgan fingerprint density at radius 1 is 1.35 bits per heavy atom. The molecule has 0 radical (unpaired) electrons. The first-order valence-corrected chi connectivity index (χ1v) is 7.45. The van der Waals surface area contributed by atoms with Crippen LogP contribution in [0.4, 0.5) is 4.39 Å². The molecule has 1 aromatic carbocycles. The Balaban J connectivity index is 1.90. The van der Waals surface area contributed by atoms with Gasteiger partial charge in [-0.05, 0) is 50.0 Å². The summed E-state index contributed by atoms with van der Waals surface area (Å²) >= 11 is 3.26. The summed E-state index contributed by atoms with van der Waals surface area (Å²) in [6, 6.07) is 4.68. The summed E-state index contributed by atoms with van der Waals surface area (Å²) in [6.45, 7) is 0. The van der Waals surface area contributed by atoms with E-state index in [0.717, 1.165) is 30.2 Å². The zero-order valence-corrected chi connectivity index (χ0v) is 12.6. The molecule has 0 aliphatic heterocycles. The Kier molecular flexibility index (Phi) is 5.31. The summed E-state index contributed by atoms with van der Waals surface area (Å²) in [7, 11) is 0. The van der Waals surface area contributed by atoms with Crippen LogP contribution in [0.1, 0.15) is 31.2 Å². The highest BCUT2D eigenvalue weighted by molar-refractivity contribution is 9.10. The lowest BCUT2D eigenvalue weighted by molar-refractivity contribution is -0.117. The van der Waals surface area contributed by atoms with Crippen molar-refractivity contribution in [3.8, 4) is 0 Å². The Labute approximate surface area is 126 Å². The number of aliphatic hydroxyl groups excluding tert-OH is 1. The van der Waals surface area contributed by atoms with Gasteiger partial charge in [-0.25, -0.2) is 4.39 Å². The van der Waals surface area contributed by atoms with Crippen LogP contribution in [-0.2, 0) is 4.79 Å². The standard InChI is InChI=1S/C15H17BrFNO2/c16-11-2-7-14(17)10(9-11)1-8-15(20)18-12-3-5-13(19)6-4-12/h1-2,7-9,12-13,19H,3-6H2,(H,18,20). The first-order valence-electron chi connectivity index (χ1n) is 6.66. The SMILES string of the molecule is O=C(C=Cc1cc(Br)ccc1F)NC1CCC(O)CC1. The lowest BCUT2D eigenvalue weighted by Gasteiger charge is -2.25. The van der Waals surface area contributed by atoms with Crippen molar-refractivity contribution in [2.45, 2.75) is 37.8 Å². The van der Waals surface area contributed by atoms with Gasteiger partial charge in [0.05, 0.1) is 6.10 Å². The van der Waals surface area contributed by atoms with Crippen LogP contribution in [0.3, 0.4) is 0 Å². The molecule has 5 heteroatoms. The molecule has 1 aliphatic carbocycles. The summed E-state index contributed by atoms with van der Waals surface area (Å²) in [5.74, 6) is -0.594. The van der Waals surface area contributed by atoms with E-state index in [0.29, 0.717) is 5.56 Å². The van der Waals surface area contributed by atoms with Crippen molar-refractivity contribution in [3.05, 3.63) is 40.1 Å². The molecule has 1 aliphatic rings. The summed E-state index contributed by atoms with van der Waals surface area (Å²) in [5, 5.41) is 12.3. The summed E-state index contributed by atoms with van der Waals surface area (Å²) in [5.41, 5.74) is 0.369. The van der Waals surface area contributed by atoms with Gasteiger partial charge in [-0.2, -0.15) is 0 Å². The van der Waals surface area contributed by atoms with Crippen LogP contribution in [0.5, 0.6) is 0 Å². The van der Waals surface area contributed by atoms with Crippen LogP contribution in [-0.4, -0.2) is 23.2 Å². The number of aliphatic hydroxyl groups is 1. The largest absolute Gasteiger partial charge is 0.393 e. The van der Waals surface area contributed by atoms with Crippen LogP contribution < -0.4 is 5.32 Å². The molecule has 0 atom stereocenters. The molecule has 1 aromatic rings. The first kappa shape index (κ1) is 15.2. The third kappa shape index (κ3) is 4.42. The summed E-state index contributed by atoms with van der Waals surface area (Å²) in [4.78, 5) is 11.8. The molecule has 20 heavy (non-hydrogen) atoms. The number of benzene rings is 1. The van der Waals surface area contributed by atoms with Crippen LogP contribution in [0.15, 0.2) is 28.7 Å². The number of hydrogen-bond acceptors (Lipinski definition) is 2. The fraction of sp³-hybridized carbons (Fsp3) is 0.400. The van der Waals surface area contributed by atoms with Crippen LogP contribution in [0, 0.1) is 5.82 Å². The smallest absolute Gasteiger partial charge is 0.244 e. The second-order valence-corrected chi connectivity index (χ2v) is 5.93. The van der Waals surface area contributed by atoms with Gasteiger partial charge in [-0.3, -0.25) is 4.79 Å². The molecule has 108 valence electrons. The minimum Gasteiger partial charge on any atom is -0.393 e. The van der Waals surface area contributed by atoms with Crippen molar-refractivity contribution < 1.29 is 14.3 Å². The molecule has 3 nitrogen and oxygen atoms in total. The second kappa shape index (κ2) is 6.99. The van der Waals surface area contributed by atoms with E-state index in [9.17, 15) is 14.3 Å². The molecule has 2 rings (SSSR count). The number of rotatable bonds is 3. The molecule has 0 aromatic heterocycles. The van der Waals surface area contributed by atoms with E-state index in [1.165, 1.54) is 18.2 Å². The third-order valence-corrected chi connectivity index (χ3v) is 3.91. The fourth-order valence-electron chi connectivity index (χ4n) is 2.28. The van der Waals surface area contributed by atoms with E-state index in [1.807, 2.05) is 0 Å². The average molecular weight is 342 g/mol. The van der Waals surface area contributed by atoms with Gasteiger partial charge in [-0.15, -0.1) is 0 Å². The monoisotopic (exact) mass is 341 g/mol. The fourth-order valence-corrected chi connectivity index (χ4v) is 2.66. The third-order valence-electron chi connectivity index (χ3n) is 3.42. The van der Waals surface area contributed by atoms with E-state index in [2.05, 4.69) is 21.2 Å². The molecule has 1 amide bonds. The molecule has 1 saturated carbocycles.